The van der Waals surface area contributed by atoms with Crippen LogP contribution in [-0.4, -0.2) is 84.1 Å². The average Bonchev–Trinajstić information content (AvgIpc) is 3.64. The number of methoxy groups -OCH3 is 1. The molecular weight excluding hydrogens is 520 g/mol. The molecular formula is C32H44N4O5. The van der Waals surface area contributed by atoms with Crippen molar-refractivity contribution in [2.45, 2.75) is 94.5 Å². The number of amides is 3. The number of nitrogens with one attached hydrogen (secondary N) is 2. The molecule has 1 spiro atoms. The fraction of sp³-hybridized carbons (Fsp3) is 0.656. The van der Waals surface area contributed by atoms with Crippen molar-refractivity contribution in [1.82, 2.24) is 15.1 Å². The Morgan fingerprint density at radius 2 is 1.88 bits per heavy atom. The predicted molar refractivity (Wildman–Crippen MR) is 155 cm³/mol. The number of carbonyl (C=O) groups is 3. The number of nitrogens with zero attached hydrogens (tertiary/aromatic N) is 2. The number of likely N-dealkylation sites (tertiary alicyclic amines) is 2. The van der Waals surface area contributed by atoms with E-state index in [0.29, 0.717) is 30.6 Å². The van der Waals surface area contributed by atoms with Crippen LogP contribution in [0.5, 0.6) is 5.75 Å². The molecule has 9 heteroatoms. The van der Waals surface area contributed by atoms with Gasteiger partial charge in [-0.1, -0.05) is 50.8 Å². The Bertz CT molecular complexity index is 1180. The van der Waals surface area contributed by atoms with Gasteiger partial charge >= 0.3 is 0 Å². The molecule has 6 rings (SSSR count). The molecule has 1 aliphatic carbocycles. The van der Waals surface area contributed by atoms with Gasteiger partial charge in [0.15, 0.2) is 0 Å². The lowest BCUT2D eigenvalue weighted by molar-refractivity contribution is -0.141. The first-order valence-electron chi connectivity index (χ1n) is 15.6. The van der Waals surface area contributed by atoms with Crippen LogP contribution >= 0.6 is 0 Å². The molecule has 1 saturated carbocycles. The third-order valence-electron chi connectivity index (χ3n) is 10.1. The van der Waals surface area contributed by atoms with Gasteiger partial charge in [0.25, 0.3) is 0 Å². The molecule has 4 fully saturated rings. The fourth-order valence-electron chi connectivity index (χ4n) is 8.01. The quantitative estimate of drug-likeness (QED) is 0.446. The molecule has 0 aromatic heterocycles. The van der Waals surface area contributed by atoms with Gasteiger partial charge in [0.2, 0.25) is 17.7 Å². The van der Waals surface area contributed by atoms with Crippen LogP contribution in [0.4, 0.5) is 5.69 Å². The third kappa shape index (κ3) is 5.16. The molecule has 2 N–H and O–H groups in total. The molecule has 0 unspecified atom stereocenters. The van der Waals surface area contributed by atoms with E-state index in [2.05, 4.69) is 22.5 Å². The minimum Gasteiger partial charge on any atom is -0.497 e. The van der Waals surface area contributed by atoms with E-state index in [9.17, 15) is 14.4 Å². The molecule has 2 bridgehead atoms. The minimum atomic E-state index is -1.14. The predicted octanol–water partition coefficient (Wildman–Crippen LogP) is 3.50. The molecule has 222 valence electrons. The van der Waals surface area contributed by atoms with Gasteiger partial charge in [-0.2, -0.15) is 0 Å². The summed E-state index contributed by atoms with van der Waals surface area (Å²) in [5, 5.41) is 6.26. The molecule has 3 saturated heterocycles. The Kier molecular flexibility index (Phi) is 8.10. The summed E-state index contributed by atoms with van der Waals surface area (Å²) >= 11 is 0. The van der Waals surface area contributed by atoms with Crippen LogP contribution in [0.15, 0.2) is 36.4 Å². The smallest absolute Gasteiger partial charge is 0.246 e. The van der Waals surface area contributed by atoms with E-state index in [1.165, 1.54) is 19.3 Å². The second-order valence-electron chi connectivity index (χ2n) is 12.4. The Morgan fingerprint density at radius 1 is 1.07 bits per heavy atom. The second-order valence-corrected chi connectivity index (χ2v) is 12.4. The summed E-state index contributed by atoms with van der Waals surface area (Å²) in [6.07, 6.45) is 13.2. The van der Waals surface area contributed by atoms with Crippen molar-refractivity contribution in [3.63, 3.8) is 0 Å². The molecule has 4 heterocycles. The van der Waals surface area contributed by atoms with Gasteiger partial charge in [-0.3, -0.25) is 19.3 Å². The SMILES string of the molecule is CC[C@@H]1CCCCN1CCN1C(=O)[C@@H]2[C@@H](C(=O)Nc3cccc(OC)c3)[C@@H]3C=C[C@@]2(O3)[C@@H]1C(=O)NC1CCCCC1. The second kappa shape index (κ2) is 11.8. The number of fused-ring (bicyclic) bond motifs is 1. The molecule has 6 atom stereocenters. The highest BCUT2D eigenvalue weighted by molar-refractivity contribution is 6.02. The van der Waals surface area contributed by atoms with Crippen molar-refractivity contribution in [3.05, 3.63) is 36.4 Å². The van der Waals surface area contributed by atoms with Gasteiger partial charge < -0.3 is 25.0 Å². The summed E-state index contributed by atoms with van der Waals surface area (Å²) in [5.41, 5.74) is -0.539. The van der Waals surface area contributed by atoms with Gasteiger partial charge in [-0.25, -0.2) is 0 Å². The van der Waals surface area contributed by atoms with Crippen LogP contribution in [0, 0.1) is 11.8 Å². The van der Waals surface area contributed by atoms with Crippen LogP contribution in [0.25, 0.3) is 0 Å². The summed E-state index contributed by atoms with van der Waals surface area (Å²) in [6.45, 7) is 4.39. The van der Waals surface area contributed by atoms with Crippen molar-refractivity contribution in [3.8, 4) is 5.75 Å². The lowest BCUT2D eigenvalue weighted by atomic mass is 9.74. The normalized spacial score (nSPS) is 33.2. The van der Waals surface area contributed by atoms with E-state index in [4.69, 9.17) is 9.47 Å². The van der Waals surface area contributed by atoms with Gasteiger partial charge in [0, 0.05) is 36.9 Å². The van der Waals surface area contributed by atoms with Gasteiger partial charge in [-0.15, -0.1) is 0 Å². The van der Waals surface area contributed by atoms with Crippen molar-refractivity contribution in [1.29, 1.82) is 0 Å². The van der Waals surface area contributed by atoms with E-state index in [1.807, 2.05) is 24.3 Å². The standard InChI is InChI=1S/C32H44N4O5/c1-3-23-13-7-8-17-35(23)18-19-36-28(30(38)33-21-10-5-4-6-11-21)32-16-15-25(41-32)26(27(32)31(36)39)29(37)34-22-12-9-14-24(20-22)40-2/h9,12,14-16,20-21,23,25-28H,3-8,10-11,13,17-19H2,1-2H3,(H,33,38)(H,34,37)/t23-,25+,26+,27+,28+,32+/m1/s1. The first-order valence-corrected chi connectivity index (χ1v) is 15.6. The number of anilines is 1. The van der Waals surface area contributed by atoms with Crippen molar-refractivity contribution >= 4 is 23.4 Å². The lowest BCUT2D eigenvalue weighted by Gasteiger charge is -2.38. The zero-order valence-electron chi connectivity index (χ0n) is 24.3. The number of carbonyl (C=O) groups excluding carboxylic acids is 3. The molecule has 5 aliphatic rings. The van der Waals surface area contributed by atoms with Gasteiger partial charge in [-0.05, 0) is 50.8 Å². The first-order chi connectivity index (χ1) is 19.9. The van der Waals surface area contributed by atoms with E-state index >= 15 is 0 Å². The van der Waals surface area contributed by atoms with E-state index in [1.54, 1.807) is 24.1 Å². The van der Waals surface area contributed by atoms with Gasteiger partial charge in [0.05, 0.1) is 25.0 Å². The molecule has 3 amide bonds. The highest BCUT2D eigenvalue weighted by atomic mass is 16.5. The number of benzene rings is 1. The maximum atomic E-state index is 14.3. The molecule has 1 aromatic carbocycles. The van der Waals surface area contributed by atoms with Crippen molar-refractivity contribution in [2.24, 2.45) is 11.8 Å². The molecule has 4 aliphatic heterocycles. The number of hydrogen-bond acceptors (Lipinski definition) is 6. The van der Waals surface area contributed by atoms with Crippen LogP contribution in [-0.2, 0) is 19.1 Å². The molecule has 41 heavy (non-hydrogen) atoms. The van der Waals surface area contributed by atoms with E-state index < -0.39 is 29.6 Å². The summed E-state index contributed by atoms with van der Waals surface area (Å²) < 4.78 is 11.8. The monoisotopic (exact) mass is 564 g/mol. The molecule has 1 aromatic rings. The Morgan fingerprint density at radius 3 is 2.66 bits per heavy atom. The maximum Gasteiger partial charge on any atom is 0.246 e. The van der Waals surface area contributed by atoms with Crippen LogP contribution in [0.2, 0.25) is 0 Å². The summed E-state index contributed by atoms with van der Waals surface area (Å²) in [6, 6.07) is 7.00. The van der Waals surface area contributed by atoms with Crippen LogP contribution in [0.3, 0.4) is 0 Å². The molecule has 9 nitrogen and oxygen atoms in total. The fourth-order valence-corrected chi connectivity index (χ4v) is 8.01. The largest absolute Gasteiger partial charge is 0.497 e. The average molecular weight is 565 g/mol. The summed E-state index contributed by atoms with van der Waals surface area (Å²) in [5.74, 6) is -1.41. The number of rotatable bonds is 9. The molecule has 0 radical (unpaired) electrons. The summed E-state index contributed by atoms with van der Waals surface area (Å²) in [4.78, 5) is 46.3. The highest BCUT2D eigenvalue weighted by Crippen LogP contribution is 2.55. The Labute approximate surface area is 243 Å². The van der Waals surface area contributed by atoms with Crippen molar-refractivity contribution < 1.29 is 23.9 Å². The zero-order valence-corrected chi connectivity index (χ0v) is 24.3. The Hall–Kier alpha value is -2.91. The minimum absolute atomic E-state index is 0.116. The lowest BCUT2D eigenvalue weighted by Crippen LogP contribution is -2.57. The van der Waals surface area contributed by atoms with Crippen LogP contribution in [0.1, 0.15) is 64.7 Å². The topological polar surface area (TPSA) is 100 Å². The third-order valence-corrected chi connectivity index (χ3v) is 10.1. The first kappa shape index (κ1) is 28.2. The van der Waals surface area contributed by atoms with Gasteiger partial charge in [0.1, 0.15) is 17.4 Å². The number of piperidine rings is 1. The number of ether oxygens (including phenoxy) is 2. The van der Waals surface area contributed by atoms with Crippen LogP contribution < -0.4 is 15.4 Å². The maximum absolute atomic E-state index is 14.3. The number of hydrogen-bond donors (Lipinski definition) is 2. The summed E-state index contributed by atoms with van der Waals surface area (Å²) in [7, 11) is 1.58. The Balaban J connectivity index is 1.27. The van der Waals surface area contributed by atoms with E-state index in [0.717, 1.165) is 45.1 Å². The van der Waals surface area contributed by atoms with E-state index in [-0.39, 0.29) is 23.8 Å². The zero-order chi connectivity index (χ0) is 28.6. The highest BCUT2D eigenvalue weighted by Gasteiger charge is 2.72. The van der Waals surface area contributed by atoms with Crippen molar-refractivity contribution in [2.75, 3.05) is 32.1 Å².